The SMILES string of the molecule is CCC1(c2ccccc2)NC(=O)N(NC(=O)c2ccoc2)C1=O. The molecule has 1 aliphatic heterocycles. The second-order valence-corrected chi connectivity index (χ2v) is 5.15. The Morgan fingerprint density at radius 3 is 2.61 bits per heavy atom. The van der Waals surface area contributed by atoms with E-state index in [2.05, 4.69) is 10.7 Å². The molecule has 1 aromatic carbocycles. The van der Waals surface area contributed by atoms with Crippen LogP contribution in [-0.2, 0) is 10.3 Å². The van der Waals surface area contributed by atoms with E-state index in [9.17, 15) is 14.4 Å². The lowest BCUT2D eigenvalue weighted by molar-refractivity contribution is -0.133. The molecule has 1 aliphatic rings. The molecule has 0 aliphatic carbocycles. The predicted octanol–water partition coefficient (Wildman–Crippen LogP) is 1.78. The van der Waals surface area contributed by atoms with E-state index in [1.54, 1.807) is 31.2 Å². The van der Waals surface area contributed by atoms with Crippen molar-refractivity contribution in [3.05, 3.63) is 60.1 Å². The maximum Gasteiger partial charge on any atom is 0.344 e. The first-order chi connectivity index (χ1) is 11.1. The Morgan fingerprint density at radius 2 is 2.00 bits per heavy atom. The number of carbonyl (C=O) groups is 3. The maximum absolute atomic E-state index is 12.8. The summed E-state index contributed by atoms with van der Waals surface area (Å²) < 4.78 is 4.82. The molecule has 1 saturated heterocycles. The number of hydrogen-bond acceptors (Lipinski definition) is 4. The van der Waals surface area contributed by atoms with Gasteiger partial charge in [0.25, 0.3) is 11.8 Å². The lowest BCUT2D eigenvalue weighted by atomic mass is 9.87. The normalized spacial score (nSPS) is 20.5. The van der Waals surface area contributed by atoms with Crippen molar-refractivity contribution in [3.63, 3.8) is 0 Å². The summed E-state index contributed by atoms with van der Waals surface area (Å²) in [7, 11) is 0. The Balaban J connectivity index is 1.89. The highest BCUT2D eigenvalue weighted by molar-refractivity contribution is 6.09. The molecule has 0 bridgehead atoms. The van der Waals surface area contributed by atoms with Crippen molar-refractivity contribution in [2.24, 2.45) is 0 Å². The van der Waals surface area contributed by atoms with Gasteiger partial charge in [0.2, 0.25) is 0 Å². The fourth-order valence-electron chi connectivity index (χ4n) is 2.60. The van der Waals surface area contributed by atoms with Gasteiger partial charge in [0.15, 0.2) is 0 Å². The third-order valence-corrected chi connectivity index (χ3v) is 3.89. The van der Waals surface area contributed by atoms with Crippen molar-refractivity contribution in [1.29, 1.82) is 0 Å². The molecule has 2 aromatic rings. The minimum Gasteiger partial charge on any atom is -0.472 e. The monoisotopic (exact) mass is 313 g/mol. The first kappa shape index (κ1) is 14.8. The quantitative estimate of drug-likeness (QED) is 0.842. The van der Waals surface area contributed by atoms with Gasteiger partial charge in [-0.3, -0.25) is 15.0 Å². The van der Waals surface area contributed by atoms with Crippen molar-refractivity contribution in [2.75, 3.05) is 0 Å². The van der Waals surface area contributed by atoms with Crippen LogP contribution in [0.5, 0.6) is 0 Å². The van der Waals surface area contributed by atoms with E-state index in [0.717, 1.165) is 0 Å². The van der Waals surface area contributed by atoms with Crippen LogP contribution in [0.25, 0.3) is 0 Å². The van der Waals surface area contributed by atoms with Gasteiger partial charge in [0.1, 0.15) is 11.8 Å². The van der Waals surface area contributed by atoms with E-state index in [4.69, 9.17) is 4.42 Å². The van der Waals surface area contributed by atoms with Gasteiger partial charge < -0.3 is 9.73 Å². The Hall–Kier alpha value is -3.09. The van der Waals surface area contributed by atoms with Crippen molar-refractivity contribution in [2.45, 2.75) is 18.9 Å². The zero-order valence-corrected chi connectivity index (χ0v) is 12.4. The molecule has 1 unspecified atom stereocenters. The molecule has 1 atom stereocenters. The van der Waals surface area contributed by atoms with E-state index >= 15 is 0 Å². The summed E-state index contributed by atoms with van der Waals surface area (Å²) in [6, 6.07) is 9.71. The van der Waals surface area contributed by atoms with Crippen molar-refractivity contribution >= 4 is 17.8 Å². The molecule has 3 rings (SSSR count). The number of amides is 4. The number of rotatable bonds is 4. The van der Waals surface area contributed by atoms with Crippen LogP contribution in [0.2, 0.25) is 0 Å². The average Bonchev–Trinajstić information content (AvgIpc) is 3.19. The van der Waals surface area contributed by atoms with E-state index in [1.807, 2.05) is 6.07 Å². The van der Waals surface area contributed by atoms with Crippen molar-refractivity contribution in [1.82, 2.24) is 15.8 Å². The van der Waals surface area contributed by atoms with E-state index in [0.29, 0.717) is 17.0 Å². The average molecular weight is 313 g/mol. The summed E-state index contributed by atoms with van der Waals surface area (Å²) in [5.74, 6) is -1.12. The highest BCUT2D eigenvalue weighted by Crippen LogP contribution is 2.31. The number of benzene rings is 1. The molecule has 0 radical (unpaired) electrons. The maximum atomic E-state index is 12.8. The first-order valence-electron chi connectivity index (χ1n) is 7.14. The molecule has 23 heavy (non-hydrogen) atoms. The number of nitrogens with one attached hydrogen (secondary N) is 2. The molecule has 1 aromatic heterocycles. The molecule has 2 heterocycles. The number of urea groups is 1. The van der Waals surface area contributed by atoms with Gasteiger partial charge in [0.05, 0.1) is 11.8 Å². The molecule has 1 fully saturated rings. The Morgan fingerprint density at radius 1 is 1.26 bits per heavy atom. The Bertz CT molecular complexity index is 742. The van der Waals surface area contributed by atoms with Crippen LogP contribution in [0, 0.1) is 0 Å². The van der Waals surface area contributed by atoms with Crippen LogP contribution < -0.4 is 10.7 Å². The van der Waals surface area contributed by atoms with Crippen LogP contribution in [0.4, 0.5) is 4.79 Å². The molecule has 2 N–H and O–H groups in total. The predicted molar refractivity (Wildman–Crippen MR) is 80.0 cm³/mol. The number of carbonyl (C=O) groups excluding carboxylic acids is 3. The second-order valence-electron chi connectivity index (χ2n) is 5.15. The highest BCUT2D eigenvalue weighted by atomic mass is 16.3. The van der Waals surface area contributed by atoms with Crippen LogP contribution in [0.1, 0.15) is 29.3 Å². The van der Waals surface area contributed by atoms with E-state index in [1.165, 1.54) is 18.6 Å². The first-order valence-corrected chi connectivity index (χ1v) is 7.14. The Kier molecular flexibility index (Phi) is 3.61. The molecule has 0 saturated carbocycles. The lowest BCUT2D eigenvalue weighted by Gasteiger charge is -2.25. The number of furan rings is 1. The minimum atomic E-state index is -1.18. The van der Waals surface area contributed by atoms with Gasteiger partial charge in [-0.25, -0.2) is 4.79 Å². The highest BCUT2D eigenvalue weighted by Gasteiger charge is 2.52. The van der Waals surface area contributed by atoms with Crippen LogP contribution in [-0.4, -0.2) is 22.9 Å². The summed E-state index contributed by atoms with van der Waals surface area (Å²) in [5.41, 5.74) is 2.02. The molecule has 0 spiro atoms. The van der Waals surface area contributed by atoms with E-state index < -0.39 is 23.4 Å². The van der Waals surface area contributed by atoms with Gasteiger partial charge in [0, 0.05) is 0 Å². The molecule has 4 amide bonds. The van der Waals surface area contributed by atoms with Crippen LogP contribution in [0.3, 0.4) is 0 Å². The smallest absolute Gasteiger partial charge is 0.344 e. The van der Waals surface area contributed by atoms with Gasteiger partial charge in [-0.15, -0.1) is 0 Å². The largest absolute Gasteiger partial charge is 0.472 e. The van der Waals surface area contributed by atoms with Crippen molar-refractivity contribution in [3.8, 4) is 0 Å². The van der Waals surface area contributed by atoms with Gasteiger partial charge in [-0.1, -0.05) is 37.3 Å². The van der Waals surface area contributed by atoms with Crippen LogP contribution in [0.15, 0.2) is 53.3 Å². The third kappa shape index (κ3) is 2.36. The van der Waals surface area contributed by atoms with E-state index in [-0.39, 0.29) is 5.56 Å². The summed E-state index contributed by atoms with van der Waals surface area (Å²) in [5, 5.41) is 3.40. The topological polar surface area (TPSA) is 91.7 Å². The standard InChI is InChI=1S/C16H15N3O4/c1-2-16(12-6-4-3-5-7-12)14(21)19(15(22)17-16)18-13(20)11-8-9-23-10-11/h3-10H,2H2,1H3,(H,17,22)(H,18,20). The number of hydrazine groups is 1. The molecular formula is C16H15N3O4. The van der Waals surface area contributed by atoms with Crippen LogP contribution >= 0.6 is 0 Å². The van der Waals surface area contributed by atoms with Gasteiger partial charge in [-0.2, -0.15) is 5.01 Å². The summed E-state index contributed by atoms with van der Waals surface area (Å²) in [6.45, 7) is 1.80. The van der Waals surface area contributed by atoms with Gasteiger partial charge >= 0.3 is 6.03 Å². The fraction of sp³-hybridized carbons (Fsp3) is 0.188. The Labute approximate surface area is 132 Å². The zero-order chi connectivity index (χ0) is 16.4. The summed E-state index contributed by atoms with van der Waals surface area (Å²) in [6.07, 6.45) is 2.93. The number of nitrogens with zero attached hydrogens (tertiary/aromatic N) is 1. The summed E-state index contributed by atoms with van der Waals surface area (Å²) in [4.78, 5) is 37.0. The second kappa shape index (κ2) is 5.60. The minimum absolute atomic E-state index is 0.222. The zero-order valence-electron chi connectivity index (χ0n) is 12.4. The number of imide groups is 1. The summed E-state index contributed by atoms with van der Waals surface area (Å²) >= 11 is 0. The fourth-order valence-corrected chi connectivity index (χ4v) is 2.60. The third-order valence-electron chi connectivity index (χ3n) is 3.89. The lowest BCUT2D eigenvalue weighted by Crippen LogP contribution is -2.48. The molecular weight excluding hydrogens is 298 g/mol. The van der Waals surface area contributed by atoms with Crippen molar-refractivity contribution < 1.29 is 18.8 Å². The van der Waals surface area contributed by atoms with Gasteiger partial charge in [-0.05, 0) is 18.1 Å². The molecule has 7 heteroatoms. The molecule has 7 nitrogen and oxygen atoms in total. The number of hydrogen-bond donors (Lipinski definition) is 2. The molecule has 118 valence electrons.